The van der Waals surface area contributed by atoms with Gasteiger partial charge < -0.3 is 35.0 Å². The van der Waals surface area contributed by atoms with Gasteiger partial charge in [-0.3, -0.25) is 19.4 Å². The Hall–Kier alpha value is -3.32. The first-order valence-electron chi connectivity index (χ1n) is 19.6. The number of carboxylic acids is 1. The van der Waals surface area contributed by atoms with Crippen LogP contribution in [0.4, 0.5) is 0 Å². The minimum atomic E-state index is -2.08. The molecule has 2 aliphatic carbocycles. The molecular formula is C42H54N4O7. The fourth-order valence-corrected chi connectivity index (χ4v) is 13.2. The predicted molar refractivity (Wildman–Crippen MR) is 199 cm³/mol. The number of piperidine rings is 1. The lowest BCUT2D eigenvalue weighted by molar-refractivity contribution is -0.213. The summed E-state index contributed by atoms with van der Waals surface area (Å²) in [7, 11) is 3.51. The van der Waals surface area contributed by atoms with Crippen molar-refractivity contribution in [2.24, 2.45) is 22.7 Å². The number of ether oxygens (including phenoxy) is 1. The molecular weight excluding hydrogens is 672 g/mol. The number of fused-ring (bicyclic) bond motifs is 6. The number of aliphatic carboxylic acids is 1. The quantitative estimate of drug-likeness (QED) is 0.222. The van der Waals surface area contributed by atoms with E-state index < -0.39 is 57.6 Å². The van der Waals surface area contributed by atoms with Crippen LogP contribution in [0.5, 0.6) is 0 Å². The fourth-order valence-electron chi connectivity index (χ4n) is 13.2. The topological polar surface area (TPSA) is 150 Å². The number of para-hydroxylation sites is 1. The lowest BCUT2D eigenvalue weighted by Crippen LogP contribution is -2.77. The lowest BCUT2D eigenvalue weighted by atomic mass is 9.47. The third-order valence-corrected chi connectivity index (χ3v) is 15.3. The molecule has 0 amide bonds. The molecule has 1 spiro atoms. The number of H-pyrrole nitrogens is 1. The van der Waals surface area contributed by atoms with Gasteiger partial charge in [0.15, 0.2) is 11.9 Å². The molecule has 5 aliphatic heterocycles. The van der Waals surface area contributed by atoms with Crippen molar-refractivity contribution in [1.82, 2.24) is 19.7 Å². The third-order valence-electron chi connectivity index (χ3n) is 15.3. The second kappa shape index (κ2) is 11.8. The Morgan fingerprint density at radius 1 is 1.09 bits per heavy atom. The molecule has 4 fully saturated rings. The Kier molecular flexibility index (Phi) is 7.91. The molecule has 7 aliphatic rings. The molecule has 11 nitrogen and oxygen atoms in total. The first kappa shape index (κ1) is 35.4. The van der Waals surface area contributed by atoms with Gasteiger partial charge in [0.05, 0.1) is 17.7 Å². The number of carbonyl (C=O) groups excluding carboxylic acids is 1. The zero-order valence-corrected chi connectivity index (χ0v) is 31.3. The number of benzene rings is 1. The zero-order chi connectivity index (χ0) is 37.3. The van der Waals surface area contributed by atoms with Crippen LogP contribution < -0.4 is 0 Å². The average Bonchev–Trinajstić information content (AvgIpc) is 3.82. The number of nitrogens with one attached hydrogen (secondary N) is 1. The summed E-state index contributed by atoms with van der Waals surface area (Å²) in [6.07, 6.45) is 10.0. The molecule has 3 unspecified atom stereocenters. The normalized spacial score (nSPS) is 44.5. The molecule has 1 aromatic heterocycles. The van der Waals surface area contributed by atoms with Gasteiger partial charge in [-0.15, -0.1) is 0 Å². The summed E-state index contributed by atoms with van der Waals surface area (Å²) in [6, 6.07) is 7.06. The first-order chi connectivity index (χ1) is 25.4. The van der Waals surface area contributed by atoms with Gasteiger partial charge in [0, 0.05) is 85.4 Å². The van der Waals surface area contributed by atoms with Crippen LogP contribution in [0.3, 0.4) is 0 Å². The fraction of sp³-hybridized carbons (Fsp3) is 0.619. The molecule has 12 atom stereocenters. The van der Waals surface area contributed by atoms with Crippen LogP contribution in [0.25, 0.3) is 10.9 Å². The summed E-state index contributed by atoms with van der Waals surface area (Å²) in [4.78, 5) is 38.2. The van der Waals surface area contributed by atoms with E-state index in [1.165, 1.54) is 0 Å². The molecule has 284 valence electrons. The second-order valence-electron chi connectivity index (χ2n) is 17.5. The minimum absolute atomic E-state index is 0.108. The largest absolute Gasteiger partial charge is 0.481 e. The van der Waals surface area contributed by atoms with E-state index in [1.54, 1.807) is 7.11 Å². The monoisotopic (exact) mass is 726 g/mol. The first-order valence-corrected chi connectivity index (χ1v) is 19.6. The van der Waals surface area contributed by atoms with E-state index in [2.05, 4.69) is 33.0 Å². The Morgan fingerprint density at radius 3 is 2.60 bits per heavy atom. The van der Waals surface area contributed by atoms with Crippen molar-refractivity contribution in [3.8, 4) is 0 Å². The Morgan fingerprint density at radius 2 is 1.89 bits per heavy atom. The van der Waals surface area contributed by atoms with Crippen molar-refractivity contribution < 1.29 is 34.8 Å². The van der Waals surface area contributed by atoms with Gasteiger partial charge in [-0.05, 0) is 74.3 Å². The van der Waals surface area contributed by atoms with Crippen LogP contribution in [0, 0.1) is 22.7 Å². The number of hydrogen-bond acceptors (Lipinski definition) is 9. The number of aldehydes is 1. The highest BCUT2D eigenvalue weighted by molar-refractivity contribution is 5.90. The van der Waals surface area contributed by atoms with Crippen LogP contribution >= 0.6 is 0 Å². The SMILES string of the molecule is CC[C@]1(O)C[C@@H]2CN(CCc3c([nH]c4ccccc34)[C@@](C(=O)O)(C3C=C4C(=CC3OC)N(C)[C@H]3[C@@](O)(C=O)[C@H](O)[C@]5(CC)C=CCN6CC[C@]43[C@@H]65)C2)C1. The number of allylic oxidation sites excluding steroid dienone is 1. The van der Waals surface area contributed by atoms with Crippen molar-refractivity contribution in [1.29, 1.82) is 0 Å². The van der Waals surface area contributed by atoms with Gasteiger partial charge in [-0.1, -0.05) is 50.3 Å². The summed E-state index contributed by atoms with van der Waals surface area (Å²) in [5.74, 6) is -1.73. The minimum Gasteiger partial charge on any atom is -0.481 e. The summed E-state index contributed by atoms with van der Waals surface area (Å²) in [5, 5.41) is 49.5. The number of rotatable bonds is 6. The second-order valence-corrected chi connectivity index (χ2v) is 17.5. The molecule has 2 aromatic rings. The molecule has 53 heavy (non-hydrogen) atoms. The third kappa shape index (κ3) is 4.38. The lowest BCUT2D eigenvalue weighted by Gasteiger charge is -2.62. The van der Waals surface area contributed by atoms with Crippen LogP contribution in [0.15, 0.2) is 59.8 Å². The summed E-state index contributed by atoms with van der Waals surface area (Å²) >= 11 is 0. The number of aromatic nitrogens is 1. The molecule has 11 heteroatoms. The van der Waals surface area contributed by atoms with Crippen LogP contribution in [0.2, 0.25) is 0 Å². The van der Waals surface area contributed by atoms with Crippen molar-refractivity contribution in [3.05, 3.63) is 71.1 Å². The van der Waals surface area contributed by atoms with Crippen LogP contribution in [0.1, 0.15) is 57.2 Å². The molecule has 1 aromatic carbocycles. The van der Waals surface area contributed by atoms with E-state index in [-0.39, 0.29) is 12.0 Å². The van der Waals surface area contributed by atoms with Crippen LogP contribution in [-0.4, -0.2) is 135 Å². The predicted octanol–water partition coefficient (Wildman–Crippen LogP) is 3.00. The Balaban J connectivity index is 1.31. The number of likely N-dealkylation sites (tertiary alicyclic amines) is 1. The summed E-state index contributed by atoms with van der Waals surface area (Å²) in [5.41, 5.74) is -1.82. The summed E-state index contributed by atoms with van der Waals surface area (Å²) < 4.78 is 6.34. The number of carbonyl (C=O) groups is 2. The van der Waals surface area contributed by atoms with E-state index in [4.69, 9.17) is 4.74 Å². The molecule has 1 saturated carbocycles. The highest BCUT2D eigenvalue weighted by Gasteiger charge is 2.78. The number of hydrogen-bond donors (Lipinski definition) is 5. The number of nitrogens with zero attached hydrogens (tertiary/aromatic N) is 3. The number of aromatic amines is 1. The van der Waals surface area contributed by atoms with Crippen molar-refractivity contribution in [2.45, 2.75) is 93.3 Å². The Labute approximate surface area is 311 Å². The number of aliphatic hydroxyl groups excluding tert-OH is 1. The van der Waals surface area contributed by atoms with Gasteiger partial charge >= 0.3 is 5.97 Å². The average molecular weight is 727 g/mol. The zero-order valence-electron chi connectivity index (χ0n) is 31.3. The standard InChI is InChI=1S/C42H54N4O7/c1-5-38(51)20-25-21-41(37(49)50,33-27(12-16-45(22-25)23-38)26-10-7-8-11-30(26)43-33)29-18-28-31(19-32(29)53-4)44(3)35-40(28)14-17-46-15-9-13-39(6-2,34(40)46)36(48)42(35,52)24-47/h7-11,13,18-19,24-25,29,32,34-36,43,48,51-52H,5-6,12,14-17,20-23H2,1-4H3,(H,49,50)/t25-,29?,32?,34-,35+,36+,38-,39+,40+,41-,42-/m0/s1. The van der Waals surface area contributed by atoms with Gasteiger partial charge in [0.25, 0.3) is 0 Å². The highest BCUT2D eigenvalue weighted by atomic mass is 16.5. The molecule has 6 heterocycles. The number of carboxylic acid groups (broad SMARTS) is 1. The van der Waals surface area contributed by atoms with E-state index in [1.807, 2.05) is 56.1 Å². The van der Waals surface area contributed by atoms with E-state index >= 15 is 0 Å². The van der Waals surface area contributed by atoms with Gasteiger partial charge in [0.2, 0.25) is 0 Å². The number of methoxy groups -OCH3 is 1. The van der Waals surface area contributed by atoms with E-state index in [9.17, 15) is 30.0 Å². The number of aliphatic hydroxyl groups is 3. The van der Waals surface area contributed by atoms with Gasteiger partial charge in [-0.25, -0.2) is 0 Å². The number of likely N-dealkylation sites (N-methyl/N-ethyl adjacent to an activating group) is 1. The van der Waals surface area contributed by atoms with Crippen molar-refractivity contribution in [3.63, 3.8) is 0 Å². The van der Waals surface area contributed by atoms with Crippen molar-refractivity contribution >= 4 is 23.2 Å². The maximum atomic E-state index is 14.6. The summed E-state index contributed by atoms with van der Waals surface area (Å²) in [6.45, 7) is 7.41. The van der Waals surface area contributed by atoms with Gasteiger partial charge in [-0.2, -0.15) is 0 Å². The highest BCUT2D eigenvalue weighted by Crippen LogP contribution is 2.69. The molecule has 9 rings (SSSR count). The van der Waals surface area contributed by atoms with Crippen molar-refractivity contribution in [2.75, 3.05) is 46.9 Å². The Bertz CT molecular complexity index is 1960. The molecule has 2 bridgehead atoms. The molecule has 3 saturated heterocycles. The molecule has 0 radical (unpaired) electrons. The van der Waals surface area contributed by atoms with E-state index in [0.717, 1.165) is 34.3 Å². The van der Waals surface area contributed by atoms with Gasteiger partial charge in [0.1, 0.15) is 11.5 Å². The smallest absolute Gasteiger partial charge is 0.316 e. The molecule has 5 N–H and O–H groups in total. The maximum absolute atomic E-state index is 14.6. The maximum Gasteiger partial charge on any atom is 0.316 e. The van der Waals surface area contributed by atoms with E-state index in [0.29, 0.717) is 76.7 Å². The van der Waals surface area contributed by atoms with Crippen LogP contribution in [-0.2, 0) is 26.2 Å².